The Morgan fingerprint density at radius 3 is 2.81 bits per heavy atom. The van der Waals surface area contributed by atoms with Crippen molar-refractivity contribution in [1.82, 2.24) is 15.2 Å². The number of benzene rings is 1. The summed E-state index contributed by atoms with van der Waals surface area (Å²) in [5, 5.41) is 6.42. The molecule has 1 amide bonds. The fourth-order valence-corrected chi connectivity index (χ4v) is 4.70. The van der Waals surface area contributed by atoms with Crippen LogP contribution in [0.25, 0.3) is 10.9 Å². The molecule has 1 aromatic carbocycles. The molecule has 1 aliphatic heterocycles. The second-order valence-corrected chi connectivity index (χ2v) is 8.10. The molecule has 0 bridgehead atoms. The number of aromatic nitrogens is 1. The van der Waals surface area contributed by atoms with Gasteiger partial charge < -0.3 is 10.3 Å². The molecule has 136 valence electrons. The van der Waals surface area contributed by atoms with Gasteiger partial charge in [0.05, 0.1) is 6.04 Å². The Labute approximate surface area is 158 Å². The number of amides is 1. The van der Waals surface area contributed by atoms with Gasteiger partial charge in [0.25, 0.3) is 5.91 Å². The average Bonchev–Trinajstić information content (AvgIpc) is 3.39. The fraction of sp³-hybridized carbons (Fsp3) is 0.381. The average molecular weight is 368 g/mol. The lowest BCUT2D eigenvalue weighted by Crippen LogP contribution is -2.36. The Kier molecular flexibility index (Phi) is 4.83. The first kappa shape index (κ1) is 17.3. The van der Waals surface area contributed by atoms with E-state index < -0.39 is 0 Å². The predicted octanol–water partition coefficient (Wildman–Crippen LogP) is 4.41. The second kappa shape index (κ2) is 7.25. The molecule has 4 nitrogen and oxygen atoms in total. The number of aryl methyl sites for hydroxylation is 2. The maximum absolute atomic E-state index is 12.8. The lowest BCUT2D eigenvalue weighted by molar-refractivity contribution is 0.0938. The van der Waals surface area contributed by atoms with E-state index >= 15 is 0 Å². The molecule has 2 aromatic heterocycles. The van der Waals surface area contributed by atoms with Gasteiger partial charge in [0.1, 0.15) is 0 Å². The third-order valence-electron chi connectivity index (χ3n) is 5.48. The van der Waals surface area contributed by atoms with Crippen molar-refractivity contribution in [2.24, 2.45) is 0 Å². The number of likely N-dealkylation sites (tertiary alicyclic amines) is 1. The zero-order chi connectivity index (χ0) is 18.1. The summed E-state index contributed by atoms with van der Waals surface area (Å²) in [7, 11) is 0. The normalized spacial score (nSPS) is 16.2. The highest BCUT2D eigenvalue weighted by Crippen LogP contribution is 2.28. The number of hydrogen-bond acceptors (Lipinski definition) is 3. The minimum Gasteiger partial charge on any atom is -0.358 e. The van der Waals surface area contributed by atoms with Crippen LogP contribution < -0.4 is 5.32 Å². The van der Waals surface area contributed by atoms with Crippen molar-refractivity contribution in [2.45, 2.75) is 32.7 Å². The minimum atomic E-state index is 0.00547. The highest BCUT2D eigenvalue weighted by Gasteiger charge is 2.24. The molecular formula is C21H25N3OS. The standard InChI is InChI=1S/C21H25N3OS/c1-14-15(2)23-18-8-7-16(12-17(14)18)21(25)22-13-19(20-6-5-11-26-20)24-9-3-4-10-24/h5-8,11-12,19,23H,3-4,9-10,13H2,1-2H3,(H,22,25)/t19-/m1/s1. The summed E-state index contributed by atoms with van der Waals surface area (Å²) in [5.74, 6) is 0.00547. The van der Waals surface area contributed by atoms with Gasteiger partial charge in [-0.2, -0.15) is 0 Å². The largest absolute Gasteiger partial charge is 0.358 e. The molecule has 0 unspecified atom stereocenters. The van der Waals surface area contributed by atoms with Crippen LogP contribution in [0.15, 0.2) is 35.7 Å². The van der Waals surface area contributed by atoms with E-state index in [1.165, 1.54) is 23.3 Å². The maximum atomic E-state index is 12.8. The molecule has 0 radical (unpaired) electrons. The summed E-state index contributed by atoms with van der Waals surface area (Å²) < 4.78 is 0. The van der Waals surface area contributed by atoms with E-state index in [-0.39, 0.29) is 11.9 Å². The zero-order valence-corrected chi connectivity index (χ0v) is 16.2. The number of rotatable bonds is 5. The molecule has 2 N–H and O–H groups in total. The van der Waals surface area contributed by atoms with Crippen LogP contribution in [0.3, 0.4) is 0 Å². The number of H-pyrrole nitrogens is 1. The molecule has 1 fully saturated rings. The quantitative estimate of drug-likeness (QED) is 0.701. The van der Waals surface area contributed by atoms with Crippen molar-refractivity contribution in [3.8, 4) is 0 Å². The summed E-state index contributed by atoms with van der Waals surface area (Å²) >= 11 is 1.77. The molecule has 1 atom stereocenters. The molecular weight excluding hydrogens is 342 g/mol. The molecule has 1 aliphatic rings. The Morgan fingerprint density at radius 1 is 1.27 bits per heavy atom. The van der Waals surface area contributed by atoms with Crippen LogP contribution in [-0.2, 0) is 0 Å². The highest BCUT2D eigenvalue weighted by atomic mass is 32.1. The van der Waals surface area contributed by atoms with E-state index in [0.29, 0.717) is 6.54 Å². The van der Waals surface area contributed by atoms with E-state index in [1.807, 2.05) is 18.2 Å². The lowest BCUT2D eigenvalue weighted by Gasteiger charge is -2.27. The van der Waals surface area contributed by atoms with Crippen LogP contribution in [0, 0.1) is 13.8 Å². The van der Waals surface area contributed by atoms with E-state index in [9.17, 15) is 4.79 Å². The van der Waals surface area contributed by atoms with Crippen molar-refractivity contribution >= 4 is 28.1 Å². The molecule has 0 spiro atoms. The van der Waals surface area contributed by atoms with Gasteiger partial charge in [0.15, 0.2) is 0 Å². The fourth-order valence-electron chi connectivity index (χ4n) is 3.84. The summed E-state index contributed by atoms with van der Waals surface area (Å²) in [4.78, 5) is 19.9. The monoisotopic (exact) mass is 367 g/mol. The molecule has 3 aromatic rings. The molecule has 1 saturated heterocycles. The summed E-state index contributed by atoms with van der Waals surface area (Å²) in [6, 6.07) is 10.5. The maximum Gasteiger partial charge on any atom is 0.251 e. The smallest absolute Gasteiger partial charge is 0.251 e. The van der Waals surface area contributed by atoms with Crippen LogP contribution in [0.2, 0.25) is 0 Å². The van der Waals surface area contributed by atoms with Crippen molar-refractivity contribution in [2.75, 3.05) is 19.6 Å². The molecule has 4 rings (SSSR count). The summed E-state index contributed by atoms with van der Waals surface area (Å²) in [6.45, 7) is 7.05. The summed E-state index contributed by atoms with van der Waals surface area (Å²) in [6.07, 6.45) is 2.50. The van der Waals surface area contributed by atoms with E-state index in [1.54, 1.807) is 11.3 Å². The zero-order valence-electron chi connectivity index (χ0n) is 15.3. The summed E-state index contributed by atoms with van der Waals surface area (Å²) in [5.41, 5.74) is 4.18. The Morgan fingerprint density at radius 2 is 2.08 bits per heavy atom. The van der Waals surface area contributed by atoms with Crippen LogP contribution in [0.4, 0.5) is 0 Å². The number of fused-ring (bicyclic) bond motifs is 1. The topological polar surface area (TPSA) is 48.1 Å². The molecule has 5 heteroatoms. The second-order valence-electron chi connectivity index (χ2n) is 7.12. The minimum absolute atomic E-state index is 0.00547. The van der Waals surface area contributed by atoms with Gasteiger partial charge in [-0.3, -0.25) is 9.69 Å². The van der Waals surface area contributed by atoms with E-state index in [0.717, 1.165) is 35.2 Å². The first-order valence-corrected chi connectivity index (χ1v) is 10.2. The van der Waals surface area contributed by atoms with E-state index in [4.69, 9.17) is 0 Å². The van der Waals surface area contributed by atoms with Gasteiger partial charge in [-0.05, 0) is 75.0 Å². The van der Waals surface area contributed by atoms with Gasteiger partial charge >= 0.3 is 0 Å². The van der Waals surface area contributed by atoms with Gasteiger partial charge in [0, 0.05) is 33.6 Å². The number of aromatic amines is 1. The third kappa shape index (κ3) is 3.29. The van der Waals surface area contributed by atoms with Crippen molar-refractivity contribution in [1.29, 1.82) is 0 Å². The molecule has 3 heterocycles. The SMILES string of the molecule is Cc1[nH]c2ccc(C(=O)NC[C@H](c3cccs3)N3CCCC3)cc2c1C. The van der Waals surface area contributed by atoms with Crippen molar-refractivity contribution in [3.05, 3.63) is 57.4 Å². The van der Waals surface area contributed by atoms with Gasteiger partial charge in [-0.15, -0.1) is 11.3 Å². The Bertz CT molecular complexity index is 907. The Hall–Kier alpha value is -2.11. The number of carbonyl (C=O) groups excluding carboxylic acids is 1. The lowest BCUT2D eigenvalue weighted by atomic mass is 10.1. The van der Waals surface area contributed by atoms with Gasteiger partial charge in [-0.25, -0.2) is 0 Å². The molecule has 0 saturated carbocycles. The first-order valence-electron chi connectivity index (χ1n) is 9.28. The molecule has 26 heavy (non-hydrogen) atoms. The van der Waals surface area contributed by atoms with Crippen molar-refractivity contribution in [3.63, 3.8) is 0 Å². The third-order valence-corrected chi connectivity index (χ3v) is 6.45. The van der Waals surface area contributed by atoms with E-state index in [2.05, 4.69) is 46.6 Å². The van der Waals surface area contributed by atoms with Gasteiger partial charge in [0.2, 0.25) is 0 Å². The number of carbonyl (C=O) groups is 1. The number of nitrogens with zero attached hydrogens (tertiary/aromatic N) is 1. The van der Waals surface area contributed by atoms with Crippen LogP contribution in [-0.4, -0.2) is 35.4 Å². The van der Waals surface area contributed by atoms with Crippen LogP contribution >= 0.6 is 11.3 Å². The Balaban J connectivity index is 1.50. The molecule has 0 aliphatic carbocycles. The van der Waals surface area contributed by atoms with Crippen LogP contribution in [0.1, 0.15) is 45.4 Å². The number of nitrogens with one attached hydrogen (secondary N) is 2. The highest BCUT2D eigenvalue weighted by molar-refractivity contribution is 7.10. The van der Waals surface area contributed by atoms with Gasteiger partial charge in [-0.1, -0.05) is 6.07 Å². The number of hydrogen-bond donors (Lipinski definition) is 2. The number of thiophene rings is 1. The van der Waals surface area contributed by atoms with Crippen molar-refractivity contribution < 1.29 is 4.79 Å². The van der Waals surface area contributed by atoms with Crippen LogP contribution in [0.5, 0.6) is 0 Å². The first-order chi connectivity index (χ1) is 12.6. The predicted molar refractivity (Wildman–Crippen MR) is 108 cm³/mol.